The number of nitrogens with one attached hydrogen (secondary N) is 1. The zero-order chi connectivity index (χ0) is 7.11. The van der Waals surface area contributed by atoms with Crippen molar-refractivity contribution in [3.05, 3.63) is 0 Å². The van der Waals surface area contributed by atoms with Crippen molar-refractivity contribution in [3.8, 4) is 0 Å². The van der Waals surface area contributed by atoms with Crippen LogP contribution in [0.2, 0.25) is 0 Å². The molecule has 0 rings (SSSR count). The Hall–Kier alpha value is -0.120. The number of nitrogens with two attached hydrogens (primary N) is 2. The van der Waals surface area contributed by atoms with Crippen LogP contribution in [0.15, 0.2) is 0 Å². The van der Waals surface area contributed by atoms with Crippen LogP contribution in [0, 0.1) is 0 Å². The van der Waals surface area contributed by atoms with Crippen LogP contribution in [0.5, 0.6) is 0 Å². The summed E-state index contributed by atoms with van der Waals surface area (Å²) < 4.78 is 0. The van der Waals surface area contributed by atoms with Gasteiger partial charge in [-0.25, -0.2) is 0 Å². The van der Waals surface area contributed by atoms with Gasteiger partial charge in [-0.2, -0.15) is 0 Å². The molecule has 1 unspecified atom stereocenters. The zero-order valence-electron chi connectivity index (χ0n) is 6.06. The minimum atomic E-state index is 0.122. The smallest absolute Gasteiger partial charge is 0.0290 e. The molecule has 9 heavy (non-hydrogen) atoms. The Morgan fingerprint density at radius 2 is 2.22 bits per heavy atom. The second kappa shape index (κ2) is 6.01. The molecule has 3 heteroatoms. The summed E-state index contributed by atoms with van der Waals surface area (Å²) in [7, 11) is 0. The molecule has 0 aliphatic rings. The fourth-order valence-electron chi connectivity index (χ4n) is 0.548. The van der Waals surface area contributed by atoms with Crippen LogP contribution >= 0.6 is 0 Å². The van der Waals surface area contributed by atoms with E-state index in [-0.39, 0.29) is 6.04 Å². The van der Waals surface area contributed by atoms with Crippen LogP contribution in [0.3, 0.4) is 0 Å². The van der Waals surface area contributed by atoms with E-state index in [9.17, 15) is 0 Å². The Bertz CT molecular complexity index is 56.3. The van der Waals surface area contributed by atoms with Crippen molar-refractivity contribution in [1.29, 1.82) is 0 Å². The first-order valence-electron chi connectivity index (χ1n) is 3.47. The van der Waals surface area contributed by atoms with Crippen LogP contribution in [0.4, 0.5) is 0 Å². The first kappa shape index (κ1) is 8.88. The van der Waals surface area contributed by atoms with Gasteiger partial charge in [-0.1, -0.05) is 6.92 Å². The van der Waals surface area contributed by atoms with Crippen LogP contribution in [0.25, 0.3) is 0 Å². The Morgan fingerprint density at radius 1 is 1.56 bits per heavy atom. The predicted octanol–water partition coefficient (Wildman–Crippen LogP) is -0.728. The second-order valence-electron chi connectivity index (χ2n) is 2.20. The van der Waals surface area contributed by atoms with E-state index < -0.39 is 0 Å². The summed E-state index contributed by atoms with van der Waals surface area (Å²) in [5.74, 6) is 0. The Labute approximate surface area is 56.8 Å². The highest BCUT2D eigenvalue weighted by Gasteiger charge is 1.95. The van der Waals surface area contributed by atoms with Crippen molar-refractivity contribution >= 4 is 0 Å². The first-order valence-corrected chi connectivity index (χ1v) is 3.47. The van der Waals surface area contributed by atoms with E-state index in [1.165, 1.54) is 0 Å². The molecule has 1 atom stereocenters. The van der Waals surface area contributed by atoms with Crippen LogP contribution in [-0.4, -0.2) is 25.7 Å². The third-order valence-electron chi connectivity index (χ3n) is 1.14. The Balaban J connectivity index is 2.88. The van der Waals surface area contributed by atoms with E-state index in [0.717, 1.165) is 19.5 Å². The largest absolute Gasteiger partial charge is 0.329 e. The molecule has 0 spiro atoms. The van der Waals surface area contributed by atoms with E-state index in [2.05, 4.69) is 12.2 Å². The van der Waals surface area contributed by atoms with Gasteiger partial charge in [0.2, 0.25) is 0 Å². The van der Waals surface area contributed by atoms with Gasteiger partial charge in [0.25, 0.3) is 0 Å². The fourth-order valence-corrected chi connectivity index (χ4v) is 0.548. The summed E-state index contributed by atoms with van der Waals surface area (Å²) in [5, 5.41) is 3.18. The maximum atomic E-state index is 5.53. The summed E-state index contributed by atoms with van der Waals surface area (Å²) in [6.45, 7) is 4.57. The minimum Gasteiger partial charge on any atom is -0.329 e. The first-order chi connectivity index (χ1) is 4.31. The van der Waals surface area contributed by atoms with Crippen molar-refractivity contribution in [1.82, 2.24) is 5.32 Å². The third kappa shape index (κ3) is 5.76. The lowest BCUT2D eigenvalue weighted by molar-refractivity contribution is 0.579. The van der Waals surface area contributed by atoms with Gasteiger partial charge >= 0.3 is 0 Å². The molecular formula is C6H17N3. The van der Waals surface area contributed by atoms with Gasteiger partial charge in [-0.15, -0.1) is 0 Å². The van der Waals surface area contributed by atoms with Crippen molar-refractivity contribution < 1.29 is 0 Å². The van der Waals surface area contributed by atoms with Crippen LogP contribution in [-0.2, 0) is 0 Å². The van der Waals surface area contributed by atoms with Crippen LogP contribution in [0.1, 0.15) is 13.3 Å². The molecule has 0 radical (unpaired) electrons. The highest BCUT2D eigenvalue weighted by atomic mass is 14.9. The molecule has 0 aromatic heterocycles. The molecule has 0 amide bonds. The van der Waals surface area contributed by atoms with E-state index in [1.54, 1.807) is 0 Å². The monoisotopic (exact) mass is 131 g/mol. The molecule has 0 bridgehead atoms. The zero-order valence-corrected chi connectivity index (χ0v) is 6.06. The number of hydrogen-bond acceptors (Lipinski definition) is 3. The average Bonchev–Trinajstić information content (AvgIpc) is 1.89. The van der Waals surface area contributed by atoms with E-state index >= 15 is 0 Å². The van der Waals surface area contributed by atoms with E-state index in [0.29, 0.717) is 6.54 Å². The lowest BCUT2D eigenvalue weighted by Crippen LogP contribution is -2.39. The maximum Gasteiger partial charge on any atom is 0.0290 e. The van der Waals surface area contributed by atoms with Crippen molar-refractivity contribution in [2.45, 2.75) is 19.4 Å². The molecule has 5 N–H and O–H groups in total. The molecule has 0 aromatic carbocycles. The van der Waals surface area contributed by atoms with E-state index in [4.69, 9.17) is 11.5 Å². The molecule has 3 nitrogen and oxygen atoms in total. The van der Waals surface area contributed by atoms with Crippen molar-refractivity contribution in [2.75, 3.05) is 19.6 Å². The standard InChI is InChI=1S/C6H17N3/c1-2-3-9-5-6(8)4-7/h6,9H,2-5,7-8H2,1H3. The molecule has 0 heterocycles. The van der Waals surface area contributed by atoms with Gasteiger partial charge in [-0.3, -0.25) is 0 Å². The molecular weight excluding hydrogens is 114 g/mol. The highest BCUT2D eigenvalue weighted by molar-refractivity contribution is 4.63. The normalized spacial score (nSPS) is 13.7. The summed E-state index contributed by atoms with van der Waals surface area (Å²) >= 11 is 0. The topological polar surface area (TPSA) is 64.1 Å². The molecule has 0 saturated carbocycles. The van der Waals surface area contributed by atoms with Gasteiger partial charge in [0.1, 0.15) is 0 Å². The third-order valence-corrected chi connectivity index (χ3v) is 1.14. The molecule has 56 valence electrons. The van der Waals surface area contributed by atoms with Crippen LogP contribution < -0.4 is 16.8 Å². The molecule has 0 aliphatic heterocycles. The van der Waals surface area contributed by atoms with Gasteiger partial charge < -0.3 is 16.8 Å². The molecule has 0 aliphatic carbocycles. The summed E-state index contributed by atoms with van der Waals surface area (Å²) in [5.41, 5.74) is 10.8. The summed E-state index contributed by atoms with van der Waals surface area (Å²) in [6.07, 6.45) is 1.15. The maximum absolute atomic E-state index is 5.53. The Morgan fingerprint density at radius 3 is 2.67 bits per heavy atom. The Kier molecular flexibility index (Phi) is 5.93. The second-order valence-corrected chi connectivity index (χ2v) is 2.20. The number of rotatable bonds is 5. The lowest BCUT2D eigenvalue weighted by Gasteiger charge is -2.08. The van der Waals surface area contributed by atoms with Crippen molar-refractivity contribution in [3.63, 3.8) is 0 Å². The van der Waals surface area contributed by atoms with Gasteiger partial charge in [-0.05, 0) is 13.0 Å². The summed E-state index contributed by atoms with van der Waals surface area (Å²) in [6, 6.07) is 0.122. The number of hydrogen-bond donors (Lipinski definition) is 3. The quantitative estimate of drug-likeness (QED) is 0.431. The molecule has 0 fully saturated rings. The van der Waals surface area contributed by atoms with E-state index in [1.807, 2.05) is 0 Å². The molecule has 0 aromatic rings. The minimum absolute atomic E-state index is 0.122. The van der Waals surface area contributed by atoms with Gasteiger partial charge in [0.15, 0.2) is 0 Å². The highest BCUT2D eigenvalue weighted by Crippen LogP contribution is 1.72. The SMILES string of the molecule is CCCNCC(N)CN. The lowest BCUT2D eigenvalue weighted by atomic mass is 10.3. The van der Waals surface area contributed by atoms with Crippen molar-refractivity contribution in [2.24, 2.45) is 11.5 Å². The molecule has 0 saturated heterocycles. The van der Waals surface area contributed by atoms with Gasteiger partial charge in [0, 0.05) is 19.1 Å². The fraction of sp³-hybridized carbons (Fsp3) is 1.00. The average molecular weight is 131 g/mol. The summed E-state index contributed by atoms with van der Waals surface area (Å²) in [4.78, 5) is 0. The van der Waals surface area contributed by atoms with Gasteiger partial charge in [0.05, 0.1) is 0 Å². The predicted molar refractivity (Wildman–Crippen MR) is 40.2 cm³/mol.